The number of amidine groups is 1. The summed E-state index contributed by atoms with van der Waals surface area (Å²) in [5, 5.41) is 3.00. The highest BCUT2D eigenvalue weighted by molar-refractivity contribution is 7.90. The zero-order chi connectivity index (χ0) is 22.4. The van der Waals surface area contributed by atoms with Crippen LogP contribution in [0.1, 0.15) is 44.7 Å². The van der Waals surface area contributed by atoms with Gasteiger partial charge in [-0.15, -0.1) is 4.40 Å². The van der Waals surface area contributed by atoms with E-state index in [1.807, 2.05) is 18.2 Å². The van der Waals surface area contributed by atoms with Crippen molar-refractivity contribution in [2.75, 3.05) is 19.0 Å². The minimum Gasteiger partial charge on any atom is -0.495 e. The van der Waals surface area contributed by atoms with E-state index < -0.39 is 16.1 Å². The van der Waals surface area contributed by atoms with Gasteiger partial charge < -0.3 is 15.0 Å². The average molecular weight is 442 g/mol. The molecule has 2 heterocycles. The molecule has 0 bridgehead atoms. The van der Waals surface area contributed by atoms with Crippen LogP contribution in [0.3, 0.4) is 0 Å². The van der Waals surface area contributed by atoms with Gasteiger partial charge in [-0.25, -0.2) is 0 Å². The first-order valence-corrected chi connectivity index (χ1v) is 11.8. The Morgan fingerprint density at radius 2 is 1.94 bits per heavy atom. The molecule has 0 radical (unpaired) electrons. The van der Waals surface area contributed by atoms with Crippen LogP contribution >= 0.6 is 0 Å². The molecule has 1 N–H and O–H groups in total. The quantitative estimate of drug-likeness (QED) is 0.787. The van der Waals surface area contributed by atoms with Crippen LogP contribution in [0.5, 0.6) is 5.75 Å². The Hall–Kier alpha value is -2.87. The highest BCUT2D eigenvalue weighted by Gasteiger charge is 2.39. The number of fused-ring (bicyclic) bond motifs is 1. The van der Waals surface area contributed by atoms with E-state index in [-0.39, 0.29) is 16.2 Å². The van der Waals surface area contributed by atoms with Gasteiger partial charge in [0.15, 0.2) is 5.84 Å². The molecule has 1 saturated heterocycles. The van der Waals surface area contributed by atoms with E-state index in [1.54, 1.807) is 36.3 Å². The zero-order valence-electron chi connectivity index (χ0n) is 18.2. The van der Waals surface area contributed by atoms with E-state index in [2.05, 4.69) is 30.5 Å². The van der Waals surface area contributed by atoms with Gasteiger partial charge in [0.1, 0.15) is 16.7 Å². The van der Waals surface area contributed by atoms with Crippen LogP contribution in [0, 0.1) is 0 Å². The number of amides is 1. The number of ether oxygens (including phenoxy) is 1. The third kappa shape index (κ3) is 3.92. The molecule has 7 nitrogen and oxygen atoms in total. The number of carbonyl (C=O) groups excluding carboxylic acids is 1. The Balaban J connectivity index is 1.63. The fraction of sp³-hybridized carbons (Fsp3) is 0.391. The second kappa shape index (κ2) is 7.67. The molecule has 0 saturated carbocycles. The SMILES string of the molecule is COc1ccc(C(C)(C)C)cc1NC(=O)[C@@H]1CCCN1C1=NS(=O)(=O)c2ccccc21. The third-order valence-electron chi connectivity index (χ3n) is 5.76. The number of likely N-dealkylation sites (tertiary alicyclic amines) is 1. The molecule has 1 atom stereocenters. The molecule has 2 aliphatic heterocycles. The molecule has 4 rings (SSSR count). The number of hydrogen-bond donors (Lipinski definition) is 1. The third-order valence-corrected chi connectivity index (χ3v) is 7.09. The zero-order valence-corrected chi connectivity index (χ0v) is 19.0. The normalized spacial score (nSPS) is 19.7. The van der Waals surface area contributed by atoms with Crippen molar-refractivity contribution < 1.29 is 17.9 Å². The number of methoxy groups -OCH3 is 1. The molecule has 0 aromatic heterocycles. The fourth-order valence-corrected chi connectivity index (χ4v) is 5.29. The van der Waals surface area contributed by atoms with E-state index in [1.165, 1.54) is 0 Å². The largest absolute Gasteiger partial charge is 0.495 e. The van der Waals surface area contributed by atoms with E-state index in [0.717, 1.165) is 12.0 Å². The van der Waals surface area contributed by atoms with E-state index in [0.29, 0.717) is 35.8 Å². The van der Waals surface area contributed by atoms with E-state index in [9.17, 15) is 13.2 Å². The van der Waals surface area contributed by atoms with E-state index in [4.69, 9.17) is 4.74 Å². The Labute approximate surface area is 183 Å². The van der Waals surface area contributed by atoms with Crippen LogP contribution in [0.2, 0.25) is 0 Å². The Bertz CT molecular complexity index is 1170. The predicted octanol–water partition coefficient (Wildman–Crippen LogP) is 3.54. The number of anilines is 1. The van der Waals surface area contributed by atoms with Crippen molar-refractivity contribution in [2.45, 2.75) is 50.0 Å². The number of benzene rings is 2. The molecule has 1 amide bonds. The fourth-order valence-electron chi connectivity index (χ4n) is 4.08. The number of sulfonamides is 1. The lowest BCUT2D eigenvalue weighted by Gasteiger charge is -2.26. The first-order valence-electron chi connectivity index (χ1n) is 10.3. The number of nitrogens with one attached hydrogen (secondary N) is 1. The molecule has 0 aliphatic carbocycles. The smallest absolute Gasteiger partial charge is 0.285 e. The van der Waals surface area contributed by atoms with Gasteiger partial charge in [-0.1, -0.05) is 39.0 Å². The van der Waals surface area contributed by atoms with Gasteiger partial charge in [-0.2, -0.15) is 8.42 Å². The van der Waals surface area contributed by atoms with E-state index >= 15 is 0 Å². The van der Waals surface area contributed by atoms with Crippen molar-refractivity contribution in [1.82, 2.24) is 4.90 Å². The van der Waals surface area contributed by atoms with Crippen molar-refractivity contribution >= 4 is 27.5 Å². The van der Waals surface area contributed by atoms with Crippen LogP contribution in [0.15, 0.2) is 51.8 Å². The number of rotatable bonds is 3. The number of hydrogen-bond acceptors (Lipinski definition) is 5. The molecule has 0 spiro atoms. The topological polar surface area (TPSA) is 88.1 Å². The molecule has 2 aromatic rings. The summed E-state index contributed by atoms with van der Waals surface area (Å²) in [5.74, 6) is 0.729. The Morgan fingerprint density at radius 3 is 2.65 bits per heavy atom. The second-order valence-electron chi connectivity index (χ2n) is 8.89. The molecule has 8 heteroatoms. The van der Waals surface area contributed by atoms with Gasteiger partial charge >= 0.3 is 0 Å². The maximum atomic E-state index is 13.3. The molecule has 2 aromatic carbocycles. The Morgan fingerprint density at radius 1 is 1.19 bits per heavy atom. The van der Waals surface area contributed by atoms with Crippen LogP contribution in [0.4, 0.5) is 5.69 Å². The first kappa shape index (κ1) is 21.4. The molecule has 2 aliphatic rings. The summed E-state index contributed by atoms with van der Waals surface area (Å²) in [6, 6.07) is 12.0. The number of nitrogens with zero attached hydrogens (tertiary/aromatic N) is 2. The first-order chi connectivity index (χ1) is 14.6. The highest BCUT2D eigenvalue weighted by Crippen LogP contribution is 2.34. The van der Waals surface area contributed by atoms with Crippen molar-refractivity contribution in [3.8, 4) is 5.75 Å². The van der Waals surface area contributed by atoms with Gasteiger partial charge in [0.05, 0.1) is 12.8 Å². The van der Waals surface area contributed by atoms with Gasteiger partial charge in [0, 0.05) is 12.1 Å². The van der Waals surface area contributed by atoms with Crippen LogP contribution in [0.25, 0.3) is 0 Å². The highest BCUT2D eigenvalue weighted by atomic mass is 32.2. The lowest BCUT2D eigenvalue weighted by atomic mass is 9.87. The summed E-state index contributed by atoms with van der Waals surface area (Å²) in [7, 11) is -2.17. The summed E-state index contributed by atoms with van der Waals surface area (Å²) in [6.45, 7) is 6.89. The molecular weight excluding hydrogens is 414 g/mol. The summed E-state index contributed by atoms with van der Waals surface area (Å²) >= 11 is 0. The average Bonchev–Trinajstić information content (AvgIpc) is 3.30. The van der Waals surface area contributed by atoms with Crippen LogP contribution in [-0.4, -0.2) is 44.8 Å². The molecular formula is C23H27N3O4S. The predicted molar refractivity (Wildman–Crippen MR) is 120 cm³/mol. The molecule has 31 heavy (non-hydrogen) atoms. The maximum Gasteiger partial charge on any atom is 0.285 e. The van der Waals surface area contributed by atoms with Gasteiger partial charge in [0.2, 0.25) is 5.91 Å². The number of carbonyl (C=O) groups is 1. The van der Waals surface area contributed by atoms with Gasteiger partial charge in [0.25, 0.3) is 10.0 Å². The molecule has 1 fully saturated rings. The lowest BCUT2D eigenvalue weighted by molar-refractivity contribution is -0.119. The standard InChI is InChI=1S/C23H27N3O4S/c1-23(2,3)15-11-12-19(30-4)17(14-15)24-22(27)18-9-7-13-26(18)21-16-8-5-6-10-20(16)31(28,29)25-21/h5-6,8,10-12,14,18H,7,9,13H2,1-4H3,(H,24,27)/t18-/m0/s1. The van der Waals surface area contributed by atoms with Crippen molar-refractivity contribution in [1.29, 1.82) is 0 Å². The van der Waals surface area contributed by atoms with Crippen LogP contribution < -0.4 is 10.1 Å². The lowest BCUT2D eigenvalue weighted by Crippen LogP contribution is -2.43. The van der Waals surface area contributed by atoms with Crippen LogP contribution in [-0.2, 0) is 20.2 Å². The second-order valence-corrected chi connectivity index (χ2v) is 10.5. The van der Waals surface area contributed by atoms with Crippen molar-refractivity contribution in [3.05, 3.63) is 53.6 Å². The van der Waals surface area contributed by atoms with Crippen molar-refractivity contribution in [2.24, 2.45) is 4.40 Å². The summed E-state index contributed by atoms with van der Waals surface area (Å²) in [5.41, 5.74) is 2.15. The van der Waals surface area contributed by atoms with Gasteiger partial charge in [-0.05, 0) is 48.1 Å². The van der Waals surface area contributed by atoms with Crippen molar-refractivity contribution in [3.63, 3.8) is 0 Å². The molecule has 164 valence electrons. The Kier molecular flexibility index (Phi) is 5.29. The monoisotopic (exact) mass is 441 g/mol. The maximum absolute atomic E-state index is 13.3. The minimum absolute atomic E-state index is 0.0816. The summed E-state index contributed by atoms with van der Waals surface area (Å²) in [4.78, 5) is 15.3. The minimum atomic E-state index is -3.74. The van der Waals surface area contributed by atoms with Gasteiger partial charge in [-0.3, -0.25) is 4.79 Å². The summed E-state index contributed by atoms with van der Waals surface area (Å²) < 4.78 is 34.4. The summed E-state index contributed by atoms with van der Waals surface area (Å²) in [6.07, 6.45) is 1.40. The molecule has 0 unspecified atom stereocenters.